The second-order valence-electron chi connectivity index (χ2n) is 6.94. The van der Waals surface area contributed by atoms with Gasteiger partial charge in [-0.1, -0.05) is 43.3 Å². The third kappa shape index (κ3) is 3.56. The van der Waals surface area contributed by atoms with E-state index in [-0.39, 0.29) is 17.6 Å². The van der Waals surface area contributed by atoms with Gasteiger partial charge < -0.3 is 14.6 Å². The second kappa shape index (κ2) is 7.72. The third-order valence-corrected chi connectivity index (χ3v) is 5.17. The smallest absolute Gasteiger partial charge is 0.290 e. The molecule has 2 aromatic carbocycles. The molecule has 0 spiro atoms. The van der Waals surface area contributed by atoms with E-state index in [4.69, 9.17) is 4.42 Å². The molecule has 1 N–H and O–H groups in total. The van der Waals surface area contributed by atoms with Crippen LogP contribution in [0.4, 0.5) is 5.69 Å². The standard InChI is InChI=1S/C23H22N2O3/c1-2-16-9-11-19(12-10-16)24-22(26)20-14-17-6-3-4-7-18(17)15-25(20)23(27)21-8-5-13-28-21/h3-13,20H,2,14-15H2,1H3,(H,24,26)/t20-/m1/s1. The first-order valence-electron chi connectivity index (χ1n) is 9.46. The van der Waals surface area contributed by atoms with Crippen LogP contribution < -0.4 is 5.32 Å². The van der Waals surface area contributed by atoms with Gasteiger partial charge in [-0.25, -0.2) is 0 Å². The number of nitrogens with zero attached hydrogens (tertiary/aromatic N) is 1. The van der Waals surface area contributed by atoms with Crippen LogP contribution in [0.5, 0.6) is 0 Å². The van der Waals surface area contributed by atoms with Gasteiger partial charge in [0.15, 0.2) is 5.76 Å². The zero-order valence-electron chi connectivity index (χ0n) is 15.7. The third-order valence-electron chi connectivity index (χ3n) is 5.17. The number of carbonyl (C=O) groups is 2. The lowest BCUT2D eigenvalue weighted by atomic mass is 9.93. The fourth-order valence-corrected chi connectivity index (χ4v) is 3.56. The number of amides is 2. The zero-order valence-corrected chi connectivity index (χ0v) is 15.7. The van der Waals surface area contributed by atoms with Gasteiger partial charge in [-0.2, -0.15) is 0 Å². The second-order valence-corrected chi connectivity index (χ2v) is 6.94. The van der Waals surface area contributed by atoms with Crippen LogP contribution in [0.3, 0.4) is 0 Å². The molecular weight excluding hydrogens is 352 g/mol. The van der Waals surface area contributed by atoms with E-state index in [9.17, 15) is 9.59 Å². The maximum Gasteiger partial charge on any atom is 0.290 e. The van der Waals surface area contributed by atoms with Gasteiger partial charge in [0.2, 0.25) is 5.91 Å². The molecule has 5 nitrogen and oxygen atoms in total. The maximum atomic E-state index is 13.1. The molecule has 0 saturated carbocycles. The maximum absolute atomic E-state index is 13.1. The average molecular weight is 374 g/mol. The van der Waals surface area contributed by atoms with E-state index in [2.05, 4.69) is 12.2 Å². The van der Waals surface area contributed by atoms with Gasteiger partial charge in [-0.3, -0.25) is 9.59 Å². The normalized spacial score (nSPS) is 15.8. The number of fused-ring (bicyclic) bond motifs is 1. The van der Waals surface area contributed by atoms with Crippen molar-refractivity contribution in [2.45, 2.75) is 32.4 Å². The van der Waals surface area contributed by atoms with E-state index in [1.807, 2.05) is 48.5 Å². The minimum Gasteiger partial charge on any atom is -0.459 e. The molecule has 4 rings (SSSR count). The SMILES string of the molecule is CCc1ccc(NC(=O)[C@H]2Cc3ccccc3CN2C(=O)c2ccco2)cc1. The number of rotatable bonds is 4. The van der Waals surface area contributed by atoms with Crippen molar-refractivity contribution in [1.29, 1.82) is 0 Å². The van der Waals surface area contributed by atoms with Crippen LogP contribution in [0, 0.1) is 0 Å². The number of benzene rings is 2. The molecule has 142 valence electrons. The van der Waals surface area contributed by atoms with Crippen molar-refractivity contribution >= 4 is 17.5 Å². The molecule has 0 radical (unpaired) electrons. The molecule has 1 atom stereocenters. The number of aryl methyl sites for hydroxylation is 1. The van der Waals surface area contributed by atoms with Gasteiger partial charge in [0.25, 0.3) is 5.91 Å². The molecule has 0 saturated heterocycles. The number of hydrogen-bond donors (Lipinski definition) is 1. The first kappa shape index (κ1) is 18.0. The van der Waals surface area contributed by atoms with E-state index in [1.165, 1.54) is 11.8 Å². The topological polar surface area (TPSA) is 62.6 Å². The lowest BCUT2D eigenvalue weighted by molar-refractivity contribution is -0.121. The van der Waals surface area contributed by atoms with E-state index in [0.29, 0.717) is 13.0 Å². The van der Waals surface area contributed by atoms with Crippen molar-refractivity contribution in [1.82, 2.24) is 4.90 Å². The van der Waals surface area contributed by atoms with Crippen LogP contribution in [-0.4, -0.2) is 22.8 Å². The minimum absolute atomic E-state index is 0.196. The predicted molar refractivity (Wildman–Crippen MR) is 107 cm³/mol. The van der Waals surface area contributed by atoms with Gasteiger partial charge in [-0.05, 0) is 47.4 Å². The van der Waals surface area contributed by atoms with E-state index in [1.54, 1.807) is 17.0 Å². The summed E-state index contributed by atoms with van der Waals surface area (Å²) in [4.78, 5) is 27.6. The Morgan fingerprint density at radius 2 is 1.79 bits per heavy atom. The summed E-state index contributed by atoms with van der Waals surface area (Å²) in [5.41, 5.74) is 4.08. The van der Waals surface area contributed by atoms with E-state index in [0.717, 1.165) is 23.2 Å². The summed E-state index contributed by atoms with van der Waals surface area (Å²) >= 11 is 0. The molecule has 3 aromatic rings. The molecular formula is C23H22N2O3. The molecule has 1 aromatic heterocycles. The summed E-state index contributed by atoms with van der Waals surface area (Å²) in [6, 6.07) is 18.4. The predicted octanol–water partition coefficient (Wildman–Crippen LogP) is 4.05. The van der Waals surface area contributed by atoms with Crippen molar-refractivity contribution in [3.63, 3.8) is 0 Å². The Bertz CT molecular complexity index is 977. The number of nitrogens with one attached hydrogen (secondary N) is 1. The van der Waals surface area contributed by atoms with Gasteiger partial charge in [0.1, 0.15) is 6.04 Å². The van der Waals surface area contributed by atoms with Crippen molar-refractivity contribution in [3.8, 4) is 0 Å². The lowest BCUT2D eigenvalue weighted by Gasteiger charge is -2.35. The monoisotopic (exact) mass is 374 g/mol. The van der Waals surface area contributed by atoms with Gasteiger partial charge in [0.05, 0.1) is 6.26 Å². The first-order chi connectivity index (χ1) is 13.7. The van der Waals surface area contributed by atoms with Crippen molar-refractivity contribution < 1.29 is 14.0 Å². The molecule has 28 heavy (non-hydrogen) atoms. The summed E-state index contributed by atoms with van der Waals surface area (Å²) in [7, 11) is 0. The molecule has 0 fully saturated rings. The Morgan fingerprint density at radius 1 is 1.04 bits per heavy atom. The van der Waals surface area contributed by atoms with E-state index >= 15 is 0 Å². The van der Waals surface area contributed by atoms with Crippen LogP contribution in [0.2, 0.25) is 0 Å². The van der Waals surface area contributed by atoms with Crippen LogP contribution in [-0.2, 0) is 24.2 Å². The van der Waals surface area contributed by atoms with Crippen molar-refractivity contribution in [2.24, 2.45) is 0 Å². The van der Waals surface area contributed by atoms with Crippen molar-refractivity contribution in [3.05, 3.63) is 89.4 Å². The van der Waals surface area contributed by atoms with Crippen molar-refractivity contribution in [2.75, 3.05) is 5.32 Å². The highest BCUT2D eigenvalue weighted by Crippen LogP contribution is 2.26. The summed E-state index contributed by atoms with van der Waals surface area (Å²) < 4.78 is 5.29. The number of anilines is 1. The average Bonchev–Trinajstić information content (AvgIpc) is 3.27. The quantitative estimate of drug-likeness (QED) is 0.749. The number of furan rings is 1. The van der Waals surface area contributed by atoms with Gasteiger partial charge in [-0.15, -0.1) is 0 Å². The lowest BCUT2D eigenvalue weighted by Crippen LogP contribution is -2.50. The molecule has 5 heteroatoms. The Labute approximate surface area is 164 Å². The van der Waals surface area contributed by atoms with Gasteiger partial charge >= 0.3 is 0 Å². The minimum atomic E-state index is -0.599. The number of carbonyl (C=O) groups excluding carboxylic acids is 2. The molecule has 0 aliphatic carbocycles. The highest BCUT2D eigenvalue weighted by atomic mass is 16.3. The molecule has 2 heterocycles. The van der Waals surface area contributed by atoms with Crippen LogP contribution in [0.1, 0.15) is 34.2 Å². The Balaban J connectivity index is 1.61. The first-order valence-corrected chi connectivity index (χ1v) is 9.46. The molecule has 0 bridgehead atoms. The Hall–Kier alpha value is -3.34. The molecule has 0 unspecified atom stereocenters. The van der Waals surface area contributed by atoms with Gasteiger partial charge in [0, 0.05) is 18.7 Å². The van der Waals surface area contributed by atoms with E-state index < -0.39 is 6.04 Å². The summed E-state index contributed by atoms with van der Waals surface area (Å²) in [5.74, 6) is -0.232. The highest BCUT2D eigenvalue weighted by Gasteiger charge is 2.35. The molecule has 1 aliphatic heterocycles. The summed E-state index contributed by atoms with van der Waals surface area (Å²) in [6.07, 6.45) is 2.88. The Morgan fingerprint density at radius 3 is 2.46 bits per heavy atom. The van der Waals surface area contributed by atoms with Crippen LogP contribution in [0.25, 0.3) is 0 Å². The largest absolute Gasteiger partial charge is 0.459 e. The number of hydrogen-bond acceptors (Lipinski definition) is 3. The Kier molecular flexibility index (Phi) is 4.98. The molecule has 2 amide bonds. The highest BCUT2D eigenvalue weighted by molar-refractivity contribution is 6.00. The van der Waals surface area contributed by atoms with Crippen LogP contribution >= 0.6 is 0 Å². The fraction of sp³-hybridized carbons (Fsp3) is 0.217. The fourth-order valence-electron chi connectivity index (χ4n) is 3.56. The summed E-state index contributed by atoms with van der Waals surface area (Å²) in [6.45, 7) is 2.47. The molecule has 1 aliphatic rings. The summed E-state index contributed by atoms with van der Waals surface area (Å²) in [5, 5.41) is 2.96. The van der Waals surface area contributed by atoms with Crippen LogP contribution in [0.15, 0.2) is 71.3 Å². The zero-order chi connectivity index (χ0) is 19.5.